The predicted molar refractivity (Wildman–Crippen MR) is 113 cm³/mol. The summed E-state index contributed by atoms with van der Waals surface area (Å²) in [6.07, 6.45) is 0.925. The van der Waals surface area contributed by atoms with Gasteiger partial charge in [-0.2, -0.15) is 0 Å². The van der Waals surface area contributed by atoms with Gasteiger partial charge in [0.25, 0.3) is 5.91 Å². The van der Waals surface area contributed by atoms with Crippen molar-refractivity contribution in [3.8, 4) is 0 Å². The van der Waals surface area contributed by atoms with Crippen LogP contribution in [0.2, 0.25) is 0 Å². The molecule has 1 aromatic carbocycles. The van der Waals surface area contributed by atoms with Gasteiger partial charge < -0.3 is 20.9 Å². The summed E-state index contributed by atoms with van der Waals surface area (Å²) in [4.78, 5) is 40.1. The average Bonchev–Trinajstić information content (AvgIpc) is 2.70. The third-order valence-corrected chi connectivity index (χ3v) is 4.67. The fourth-order valence-corrected chi connectivity index (χ4v) is 3.08. The zero-order valence-corrected chi connectivity index (χ0v) is 17.7. The van der Waals surface area contributed by atoms with Crippen LogP contribution in [0.4, 0.5) is 4.79 Å². The van der Waals surface area contributed by atoms with Crippen molar-refractivity contribution >= 4 is 17.8 Å². The molecule has 0 bridgehead atoms. The number of carbonyl (C=O) groups excluding carboxylic acids is 3. The molecule has 0 spiro atoms. The number of rotatable bonds is 8. The van der Waals surface area contributed by atoms with Gasteiger partial charge in [0.15, 0.2) is 0 Å². The molecule has 29 heavy (non-hydrogen) atoms. The molecule has 0 atom stereocenters. The molecule has 8 nitrogen and oxygen atoms in total. The molecular formula is C21H33N5O3. The lowest BCUT2D eigenvalue weighted by atomic mass is 10.1. The summed E-state index contributed by atoms with van der Waals surface area (Å²) in [7, 11) is 0. The Hall–Kier alpha value is -2.61. The van der Waals surface area contributed by atoms with Gasteiger partial charge in [0.2, 0.25) is 5.91 Å². The van der Waals surface area contributed by atoms with E-state index in [9.17, 15) is 14.4 Å². The molecule has 0 aliphatic carbocycles. The minimum atomic E-state index is -0.207. The Labute approximate surface area is 173 Å². The fourth-order valence-electron chi connectivity index (χ4n) is 3.08. The first kappa shape index (κ1) is 22.7. The highest BCUT2D eigenvalue weighted by Crippen LogP contribution is 2.10. The van der Waals surface area contributed by atoms with Gasteiger partial charge >= 0.3 is 6.03 Å². The van der Waals surface area contributed by atoms with Crippen LogP contribution in [0.5, 0.6) is 0 Å². The molecule has 160 valence electrons. The lowest BCUT2D eigenvalue weighted by molar-refractivity contribution is -0.122. The van der Waals surface area contributed by atoms with Crippen molar-refractivity contribution in [3.05, 3.63) is 35.4 Å². The molecule has 0 aromatic heterocycles. The number of hydrogen-bond donors (Lipinski definition) is 3. The standard InChI is InChI=1S/C21H33N5O3/c1-4-9-22-19(27)15-25-10-12-26(13-11-25)20(28)18-7-5-17(6-8-18)14-23-21(29)24-16(2)3/h5-8,16H,4,9-15H2,1-3H3,(H,22,27)(H2,23,24,29). The molecule has 8 heteroatoms. The zero-order valence-electron chi connectivity index (χ0n) is 17.7. The molecule has 2 rings (SSSR count). The van der Waals surface area contributed by atoms with E-state index in [0.717, 1.165) is 12.0 Å². The van der Waals surface area contributed by atoms with Crippen molar-refractivity contribution < 1.29 is 14.4 Å². The van der Waals surface area contributed by atoms with Gasteiger partial charge in [0.05, 0.1) is 6.54 Å². The molecule has 1 aromatic rings. The van der Waals surface area contributed by atoms with Crippen LogP contribution in [0.15, 0.2) is 24.3 Å². The lowest BCUT2D eigenvalue weighted by Crippen LogP contribution is -2.51. The van der Waals surface area contributed by atoms with Crippen LogP contribution in [0.25, 0.3) is 0 Å². The normalized spacial score (nSPS) is 14.6. The number of benzene rings is 1. The van der Waals surface area contributed by atoms with E-state index in [-0.39, 0.29) is 23.9 Å². The summed E-state index contributed by atoms with van der Waals surface area (Å²) in [5.74, 6) is 0.0371. The third kappa shape index (κ3) is 7.73. The van der Waals surface area contributed by atoms with Crippen molar-refractivity contribution in [1.82, 2.24) is 25.8 Å². The molecule has 1 saturated heterocycles. The van der Waals surface area contributed by atoms with Crippen molar-refractivity contribution in [1.29, 1.82) is 0 Å². The van der Waals surface area contributed by atoms with Gasteiger partial charge in [0, 0.05) is 50.9 Å². The number of nitrogens with one attached hydrogen (secondary N) is 3. The van der Waals surface area contributed by atoms with E-state index < -0.39 is 0 Å². The second-order valence-electron chi connectivity index (χ2n) is 7.60. The van der Waals surface area contributed by atoms with Gasteiger partial charge in [-0.3, -0.25) is 14.5 Å². The minimum Gasteiger partial charge on any atom is -0.355 e. The van der Waals surface area contributed by atoms with E-state index in [1.54, 1.807) is 12.1 Å². The van der Waals surface area contributed by atoms with E-state index in [1.807, 2.05) is 37.8 Å². The molecule has 0 unspecified atom stereocenters. The number of hydrogen-bond acceptors (Lipinski definition) is 4. The zero-order chi connectivity index (χ0) is 21.2. The average molecular weight is 404 g/mol. The summed E-state index contributed by atoms with van der Waals surface area (Å²) in [5, 5.41) is 8.44. The van der Waals surface area contributed by atoms with Crippen LogP contribution in [0, 0.1) is 0 Å². The largest absolute Gasteiger partial charge is 0.355 e. The van der Waals surface area contributed by atoms with Crippen LogP contribution in [-0.2, 0) is 11.3 Å². The van der Waals surface area contributed by atoms with E-state index in [4.69, 9.17) is 0 Å². The Bertz CT molecular complexity index is 682. The third-order valence-electron chi connectivity index (χ3n) is 4.67. The first-order valence-electron chi connectivity index (χ1n) is 10.3. The van der Waals surface area contributed by atoms with E-state index in [0.29, 0.717) is 51.4 Å². The van der Waals surface area contributed by atoms with Gasteiger partial charge in [0.1, 0.15) is 0 Å². The number of amides is 4. The topological polar surface area (TPSA) is 93.8 Å². The Morgan fingerprint density at radius 2 is 1.66 bits per heavy atom. The summed E-state index contributed by atoms with van der Waals surface area (Å²) in [5.41, 5.74) is 1.57. The first-order chi connectivity index (χ1) is 13.9. The minimum absolute atomic E-state index is 0.00264. The summed E-state index contributed by atoms with van der Waals surface area (Å²) < 4.78 is 0. The predicted octanol–water partition coefficient (Wildman–Crippen LogP) is 1.18. The van der Waals surface area contributed by atoms with Gasteiger partial charge in [-0.25, -0.2) is 4.79 Å². The maximum Gasteiger partial charge on any atom is 0.315 e. The van der Waals surface area contributed by atoms with Crippen molar-refractivity contribution in [2.45, 2.75) is 39.8 Å². The molecular weight excluding hydrogens is 370 g/mol. The Balaban J connectivity index is 1.78. The van der Waals surface area contributed by atoms with Gasteiger partial charge in [-0.1, -0.05) is 19.1 Å². The summed E-state index contributed by atoms with van der Waals surface area (Å²) in [6, 6.07) is 7.19. The maximum atomic E-state index is 12.7. The van der Waals surface area contributed by atoms with Crippen LogP contribution in [-0.4, -0.2) is 73.0 Å². The molecule has 0 saturated carbocycles. The second kappa shape index (κ2) is 11.4. The number of urea groups is 1. The van der Waals surface area contributed by atoms with Gasteiger partial charge in [-0.15, -0.1) is 0 Å². The molecule has 1 heterocycles. The highest BCUT2D eigenvalue weighted by molar-refractivity contribution is 5.94. The first-order valence-corrected chi connectivity index (χ1v) is 10.3. The highest BCUT2D eigenvalue weighted by atomic mass is 16.2. The molecule has 1 fully saturated rings. The van der Waals surface area contributed by atoms with Crippen LogP contribution < -0.4 is 16.0 Å². The Morgan fingerprint density at radius 1 is 1.00 bits per heavy atom. The number of carbonyl (C=O) groups is 3. The molecule has 0 radical (unpaired) electrons. The van der Waals surface area contributed by atoms with Crippen LogP contribution in [0.3, 0.4) is 0 Å². The van der Waals surface area contributed by atoms with Crippen molar-refractivity contribution in [2.24, 2.45) is 0 Å². The highest BCUT2D eigenvalue weighted by Gasteiger charge is 2.23. The lowest BCUT2D eigenvalue weighted by Gasteiger charge is -2.34. The SMILES string of the molecule is CCCNC(=O)CN1CCN(C(=O)c2ccc(CNC(=O)NC(C)C)cc2)CC1. The molecule has 1 aliphatic rings. The maximum absolute atomic E-state index is 12.7. The van der Waals surface area contributed by atoms with E-state index >= 15 is 0 Å². The second-order valence-corrected chi connectivity index (χ2v) is 7.60. The summed E-state index contributed by atoms with van der Waals surface area (Å²) >= 11 is 0. The Morgan fingerprint density at radius 3 is 2.24 bits per heavy atom. The smallest absolute Gasteiger partial charge is 0.315 e. The number of piperazine rings is 1. The molecule has 1 aliphatic heterocycles. The van der Waals surface area contributed by atoms with Gasteiger partial charge in [-0.05, 0) is 38.0 Å². The fraction of sp³-hybridized carbons (Fsp3) is 0.571. The monoisotopic (exact) mass is 403 g/mol. The molecule has 4 amide bonds. The van der Waals surface area contributed by atoms with E-state index in [2.05, 4.69) is 20.9 Å². The van der Waals surface area contributed by atoms with Crippen molar-refractivity contribution in [2.75, 3.05) is 39.3 Å². The number of nitrogens with zero attached hydrogens (tertiary/aromatic N) is 2. The quantitative estimate of drug-likeness (QED) is 0.608. The molecule has 3 N–H and O–H groups in total. The van der Waals surface area contributed by atoms with E-state index in [1.165, 1.54) is 0 Å². The van der Waals surface area contributed by atoms with Crippen LogP contribution >= 0.6 is 0 Å². The van der Waals surface area contributed by atoms with Crippen molar-refractivity contribution in [3.63, 3.8) is 0 Å². The van der Waals surface area contributed by atoms with Crippen LogP contribution in [0.1, 0.15) is 43.1 Å². The Kier molecular flexibility index (Phi) is 8.92. The summed E-state index contributed by atoms with van der Waals surface area (Å²) in [6.45, 7) is 9.93.